The van der Waals surface area contributed by atoms with E-state index in [-0.39, 0.29) is 23.6 Å². The normalized spacial score (nSPS) is 22.4. The summed E-state index contributed by atoms with van der Waals surface area (Å²) < 4.78 is 13.1. The van der Waals surface area contributed by atoms with E-state index in [1.807, 2.05) is 48.2 Å². The molecule has 1 aliphatic heterocycles. The zero-order valence-corrected chi connectivity index (χ0v) is 17.4. The number of hydrogen-bond donors (Lipinski definition) is 0. The maximum atomic E-state index is 13.2. The van der Waals surface area contributed by atoms with Crippen molar-refractivity contribution in [2.75, 3.05) is 5.75 Å². The molecule has 0 bridgehead atoms. The Hall–Kier alpha value is -3.00. The number of hydrogen-bond acceptors (Lipinski definition) is 6. The standard InChI is InChI=1S/C22H22N4O3S/c1-25-10-9-23-22(25)30-14-19(27)26-21(18-8-4-12-29-18)17-7-2-5-15(20(17)24-26)13-16-6-3-11-28-16/h3-4,6,8-13,17,21H,2,5,7,14H2,1H3/b15-13+. The van der Waals surface area contributed by atoms with Gasteiger partial charge in [0.2, 0.25) is 0 Å². The summed E-state index contributed by atoms with van der Waals surface area (Å²) in [6, 6.07) is 7.38. The van der Waals surface area contributed by atoms with Crippen molar-refractivity contribution in [3.63, 3.8) is 0 Å². The molecule has 1 saturated carbocycles. The van der Waals surface area contributed by atoms with Crippen molar-refractivity contribution in [1.29, 1.82) is 0 Å². The van der Waals surface area contributed by atoms with Gasteiger partial charge in [0.15, 0.2) is 5.16 Å². The van der Waals surface area contributed by atoms with Gasteiger partial charge in [0.25, 0.3) is 5.91 Å². The second kappa shape index (κ2) is 8.02. The molecule has 1 fully saturated rings. The number of aromatic nitrogens is 2. The first kappa shape index (κ1) is 19.0. The van der Waals surface area contributed by atoms with Crippen molar-refractivity contribution < 1.29 is 13.6 Å². The summed E-state index contributed by atoms with van der Waals surface area (Å²) in [5.41, 5.74) is 2.10. The molecule has 0 aromatic carbocycles. The van der Waals surface area contributed by atoms with Gasteiger partial charge in [0.1, 0.15) is 17.6 Å². The number of hydrazone groups is 1. The minimum absolute atomic E-state index is 0.0522. The van der Waals surface area contributed by atoms with Gasteiger partial charge in [-0.2, -0.15) is 5.10 Å². The molecule has 1 aliphatic carbocycles. The highest BCUT2D eigenvalue weighted by Gasteiger charge is 2.45. The number of allylic oxidation sites excluding steroid dienone is 1. The molecule has 2 unspecified atom stereocenters. The minimum Gasteiger partial charge on any atom is -0.467 e. The number of fused-ring (bicyclic) bond motifs is 1. The van der Waals surface area contributed by atoms with Gasteiger partial charge in [0, 0.05) is 25.4 Å². The third kappa shape index (κ3) is 3.52. The number of imidazole rings is 1. The lowest BCUT2D eigenvalue weighted by Gasteiger charge is -2.27. The van der Waals surface area contributed by atoms with Crippen LogP contribution in [-0.2, 0) is 11.8 Å². The molecule has 5 rings (SSSR count). The van der Waals surface area contributed by atoms with Crippen LogP contribution in [-0.4, -0.2) is 31.9 Å². The molecule has 2 aliphatic rings. The van der Waals surface area contributed by atoms with Crippen LogP contribution in [0.1, 0.15) is 36.8 Å². The Bertz CT molecular complexity index is 1080. The van der Waals surface area contributed by atoms with Crippen molar-refractivity contribution in [3.05, 3.63) is 66.3 Å². The summed E-state index contributed by atoms with van der Waals surface area (Å²) in [6.07, 6.45) is 11.9. The number of thioether (sulfide) groups is 1. The maximum Gasteiger partial charge on any atom is 0.253 e. The molecular weight excluding hydrogens is 400 g/mol. The number of carbonyl (C=O) groups excluding carboxylic acids is 1. The molecule has 0 saturated heterocycles. The second-order valence-electron chi connectivity index (χ2n) is 7.48. The maximum absolute atomic E-state index is 13.2. The first-order valence-corrected chi connectivity index (χ1v) is 11.0. The smallest absolute Gasteiger partial charge is 0.253 e. The van der Waals surface area contributed by atoms with Crippen LogP contribution in [0, 0.1) is 5.92 Å². The van der Waals surface area contributed by atoms with Crippen LogP contribution in [0.15, 0.2) is 73.9 Å². The van der Waals surface area contributed by atoms with Gasteiger partial charge in [0.05, 0.1) is 24.0 Å². The molecule has 3 aromatic rings. The number of amides is 1. The van der Waals surface area contributed by atoms with Crippen LogP contribution in [0.3, 0.4) is 0 Å². The molecular formula is C22H22N4O3S. The fourth-order valence-electron chi connectivity index (χ4n) is 4.17. The summed E-state index contributed by atoms with van der Waals surface area (Å²) in [5.74, 6) is 1.91. The highest BCUT2D eigenvalue weighted by molar-refractivity contribution is 7.99. The zero-order valence-electron chi connectivity index (χ0n) is 16.6. The van der Waals surface area contributed by atoms with E-state index in [0.29, 0.717) is 0 Å². The number of nitrogens with zero attached hydrogens (tertiary/aromatic N) is 4. The Kier molecular flexibility index (Phi) is 5.08. The molecule has 3 aromatic heterocycles. The molecule has 4 heterocycles. The first-order valence-electron chi connectivity index (χ1n) is 9.99. The monoisotopic (exact) mass is 422 g/mol. The Morgan fingerprint density at radius 1 is 1.30 bits per heavy atom. The lowest BCUT2D eigenvalue weighted by Crippen LogP contribution is -2.32. The summed E-state index contributed by atoms with van der Waals surface area (Å²) in [7, 11) is 1.92. The van der Waals surface area contributed by atoms with Gasteiger partial charge < -0.3 is 13.4 Å². The van der Waals surface area contributed by atoms with Crippen LogP contribution in [0.5, 0.6) is 0 Å². The van der Waals surface area contributed by atoms with Crippen molar-refractivity contribution in [2.24, 2.45) is 18.1 Å². The van der Waals surface area contributed by atoms with Crippen molar-refractivity contribution in [2.45, 2.75) is 30.5 Å². The van der Waals surface area contributed by atoms with Crippen molar-refractivity contribution >= 4 is 29.5 Å². The molecule has 30 heavy (non-hydrogen) atoms. The predicted octanol–water partition coefficient (Wildman–Crippen LogP) is 4.52. The van der Waals surface area contributed by atoms with Gasteiger partial charge in [-0.15, -0.1) is 0 Å². The summed E-state index contributed by atoms with van der Waals surface area (Å²) >= 11 is 1.42. The van der Waals surface area contributed by atoms with Crippen LogP contribution < -0.4 is 0 Å². The number of aryl methyl sites for hydroxylation is 1. The quantitative estimate of drug-likeness (QED) is 0.565. The molecule has 0 radical (unpaired) electrons. The highest BCUT2D eigenvalue weighted by atomic mass is 32.2. The summed E-state index contributed by atoms with van der Waals surface area (Å²) in [6.45, 7) is 0. The van der Waals surface area contributed by atoms with Gasteiger partial charge in [-0.05, 0) is 55.2 Å². The van der Waals surface area contributed by atoms with E-state index >= 15 is 0 Å². The first-order chi connectivity index (χ1) is 14.7. The van der Waals surface area contributed by atoms with E-state index in [0.717, 1.165) is 47.2 Å². The summed E-state index contributed by atoms with van der Waals surface area (Å²) in [4.78, 5) is 17.5. The minimum atomic E-state index is -0.218. The number of furan rings is 2. The number of carbonyl (C=O) groups is 1. The molecule has 1 amide bonds. The van der Waals surface area contributed by atoms with Gasteiger partial charge >= 0.3 is 0 Å². The SMILES string of the molecule is Cn1ccnc1SCC(=O)N1N=C2/C(=C/c3ccco3)CCCC2C1c1ccco1. The average Bonchev–Trinajstić information content (AvgIpc) is 3.53. The fraction of sp³-hybridized carbons (Fsp3) is 0.318. The van der Waals surface area contributed by atoms with Gasteiger partial charge in [-0.3, -0.25) is 4.79 Å². The van der Waals surface area contributed by atoms with Crippen molar-refractivity contribution in [3.8, 4) is 0 Å². The Labute approximate surface area is 178 Å². The zero-order chi connectivity index (χ0) is 20.5. The lowest BCUT2D eigenvalue weighted by molar-refractivity contribution is -0.131. The topological polar surface area (TPSA) is 76.8 Å². The van der Waals surface area contributed by atoms with Gasteiger partial charge in [-0.1, -0.05) is 11.8 Å². The molecule has 0 spiro atoms. The third-order valence-electron chi connectivity index (χ3n) is 5.55. The van der Waals surface area contributed by atoms with Gasteiger partial charge in [-0.25, -0.2) is 9.99 Å². The molecule has 0 N–H and O–H groups in total. The molecule has 8 heteroatoms. The average molecular weight is 423 g/mol. The van der Waals surface area contributed by atoms with Crippen LogP contribution >= 0.6 is 11.8 Å². The Morgan fingerprint density at radius 2 is 2.17 bits per heavy atom. The Morgan fingerprint density at radius 3 is 2.90 bits per heavy atom. The van der Waals surface area contributed by atoms with E-state index in [2.05, 4.69) is 4.98 Å². The van der Waals surface area contributed by atoms with Crippen LogP contribution in [0.25, 0.3) is 6.08 Å². The van der Waals surface area contributed by atoms with Crippen LogP contribution in [0.4, 0.5) is 0 Å². The third-order valence-corrected chi connectivity index (χ3v) is 6.60. The second-order valence-corrected chi connectivity index (χ2v) is 8.42. The van der Waals surface area contributed by atoms with Crippen molar-refractivity contribution in [1.82, 2.24) is 14.6 Å². The molecule has 7 nitrogen and oxygen atoms in total. The number of rotatable bonds is 5. The van der Waals surface area contributed by atoms with E-state index in [1.165, 1.54) is 11.8 Å². The van der Waals surface area contributed by atoms with E-state index in [1.54, 1.807) is 23.7 Å². The van der Waals surface area contributed by atoms with E-state index in [4.69, 9.17) is 13.9 Å². The van der Waals surface area contributed by atoms with E-state index < -0.39 is 0 Å². The predicted molar refractivity (Wildman–Crippen MR) is 114 cm³/mol. The van der Waals surface area contributed by atoms with Crippen LogP contribution in [0.2, 0.25) is 0 Å². The van der Waals surface area contributed by atoms with E-state index in [9.17, 15) is 4.79 Å². The molecule has 154 valence electrons. The largest absolute Gasteiger partial charge is 0.467 e. The lowest BCUT2D eigenvalue weighted by atomic mass is 9.79. The highest BCUT2D eigenvalue weighted by Crippen LogP contribution is 2.44. The molecule has 2 atom stereocenters. The fourth-order valence-corrected chi connectivity index (χ4v) is 4.96. The summed E-state index contributed by atoms with van der Waals surface area (Å²) in [5, 5.41) is 7.25. The Balaban J connectivity index is 1.45.